The number of hydrogen-bond acceptors (Lipinski definition) is 5. The lowest BCUT2D eigenvalue weighted by atomic mass is 10.1. The quantitative estimate of drug-likeness (QED) is 0.652. The van der Waals surface area contributed by atoms with Crippen LogP contribution >= 0.6 is 15.9 Å². The van der Waals surface area contributed by atoms with Crippen LogP contribution in [0.25, 0.3) is 0 Å². The van der Waals surface area contributed by atoms with Gasteiger partial charge in [0.15, 0.2) is 0 Å². The molecule has 1 aromatic carbocycles. The van der Waals surface area contributed by atoms with Crippen molar-refractivity contribution in [3.63, 3.8) is 0 Å². The number of nitro benzene ring substituents is 1. The van der Waals surface area contributed by atoms with E-state index in [2.05, 4.69) is 31.5 Å². The number of halogens is 1. The van der Waals surface area contributed by atoms with Crippen molar-refractivity contribution in [3.8, 4) is 0 Å². The van der Waals surface area contributed by atoms with Gasteiger partial charge < -0.3 is 10.6 Å². The summed E-state index contributed by atoms with van der Waals surface area (Å²) in [5.74, 6) is -0.564. The third kappa shape index (κ3) is 3.34. The van der Waals surface area contributed by atoms with Crippen molar-refractivity contribution in [2.75, 3.05) is 17.7 Å². The highest BCUT2D eigenvalue weighted by molar-refractivity contribution is 9.10. The van der Waals surface area contributed by atoms with E-state index in [1.807, 2.05) is 0 Å². The van der Waals surface area contributed by atoms with Crippen LogP contribution in [0.4, 0.5) is 17.1 Å². The summed E-state index contributed by atoms with van der Waals surface area (Å²) in [5, 5.41) is 16.5. The SMILES string of the molecule is CNc1ccc([N+](=O)[O-])c(C(=O)Nc2ccncc2Br)c1. The minimum absolute atomic E-state index is 0.0180. The maximum atomic E-state index is 12.3. The lowest BCUT2D eigenvalue weighted by Gasteiger charge is -2.08. The smallest absolute Gasteiger partial charge is 0.282 e. The third-order valence-corrected chi connectivity index (χ3v) is 3.38. The average Bonchev–Trinajstić information content (AvgIpc) is 2.48. The molecule has 0 saturated heterocycles. The first-order valence-corrected chi connectivity index (χ1v) is 6.69. The lowest BCUT2D eigenvalue weighted by Crippen LogP contribution is -2.14. The molecule has 2 aromatic rings. The zero-order valence-corrected chi connectivity index (χ0v) is 12.5. The first-order valence-electron chi connectivity index (χ1n) is 5.90. The van der Waals surface area contributed by atoms with Gasteiger partial charge in [0.05, 0.1) is 15.1 Å². The fraction of sp³-hybridized carbons (Fsp3) is 0.0769. The first-order chi connectivity index (χ1) is 10.0. The summed E-state index contributed by atoms with van der Waals surface area (Å²) in [6, 6.07) is 5.86. The molecule has 1 aromatic heterocycles. The van der Waals surface area contributed by atoms with Gasteiger partial charge >= 0.3 is 0 Å². The highest BCUT2D eigenvalue weighted by Crippen LogP contribution is 2.25. The lowest BCUT2D eigenvalue weighted by molar-refractivity contribution is -0.385. The van der Waals surface area contributed by atoms with Crippen LogP contribution < -0.4 is 10.6 Å². The molecule has 0 saturated carbocycles. The highest BCUT2D eigenvalue weighted by atomic mass is 79.9. The Morgan fingerprint density at radius 3 is 2.76 bits per heavy atom. The third-order valence-electron chi connectivity index (χ3n) is 2.75. The summed E-state index contributed by atoms with van der Waals surface area (Å²) in [7, 11) is 1.67. The van der Waals surface area contributed by atoms with Crippen LogP contribution in [-0.2, 0) is 0 Å². The Hall–Kier alpha value is -2.48. The monoisotopic (exact) mass is 350 g/mol. The van der Waals surface area contributed by atoms with E-state index in [1.54, 1.807) is 13.1 Å². The van der Waals surface area contributed by atoms with Crippen LogP contribution in [0.3, 0.4) is 0 Å². The Morgan fingerprint density at radius 1 is 1.38 bits per heavy atom. The Morgan fingerprint density at radius 2 is 2.14 bits per heavy atom. The first kappa shape index (κ1) is 14.9. The van der Waals surface area contributed by atoms with Crippen molar-refractivity contribution in [3.05, 3.63) is 56.8 Å². The number of nitro groups is 1. The van der Waals surface area contributed by atoms with Gasteiger partial charge in [0.1, 0.15) is 5.56 Å². The molecule has 2 rings (SSSR count). The number of anilines is 2. The predicted octanol–water partition coefficient (Wildman–Crippen LogP) is 3.05. The average molecular weight is 351 g/mol. The van der Waals surface area contributed by atoms with Gasteiger partial charge in [-0.05, 0) is 34.1 Å². The molecule has 7 nitrogen and oxygen atoms in total. The number of carbonyl (C=O) groups excluding carboxylic acids is 1. The summed E-state index contributed by atoms with van der Waals surface area (Å²) in [5.41, 5.74) is 0.825. The van der Waals surface area contributed by atoms with E-state index in [-0.39, 0.29) is 11.3 Å². The number of nitrogens with zero attached hydrogens (tertiary/aromatic N) is 2. The highest BCUT2D eigenvalue weighted by Gasteiger charge is 2.21. The second-order valence-electron chi connectivity index (χ2n) is 4.05. The number of pyridine rings is 1. The molecule has 0 spiro atoms. The molecular formula is C13H11BrN4O3. The van der Waals surface area contributed by atoms with Gasteiger partial charge in [0, 0.05) is 31.2 Å². The molecule has 0 fully saturated rings. The van der Waals surface area contributed by atoms with Crippen molar-refractivity contribution in [2.24, 2.45) is 0 Å². The molecule has 2 N–H and O–H groups in total. The van der Waals surface area contributed by atoms with Crippen molar-refractivity contribution in [1.29, 1.82) is 0 Å². The minimum Gasteiger partial charge on any atom is -0.388 e. The molecule has 108 valence electrons. The van der Waals surface area contributed by atoms with E-state index in [0.717, 1.165) is 0 Å². The number of amides is 1. The maximum absolute atomic E-state index is 12.3. The van der Waals surface area contributed by atoms with E-state index in [1.165, 1.54) is 30.6 Å². The summed E-state index contributed by atoms with van der Waals surface area (Å²) in [6.45, 7) is 0. The van der Waals surface area contributed by atoms with Crippen LogP contribution in [0.5, 0.6) is 0 Å². The van der Waals surface area contributed by atoms with Crippen molar-refractivity contribution >= 4 is 38.9 Å². The van der Waals surface area contributed by atoms with Crippen LogP contribution in [-0.4, -0.2) is 22.9 Å². The molecule has 0 aliphatic rings. The molecule has 0 unspecified atom stereocenters. The van der Waals surface area contributed by atoms with Gasteiger partial charge in [0.25, 0.3) is 11.6 Å². The number of rotatable bonds is 4. The number of carbonyl (C=O) groups is 1. The molecule has 0 radical (unpaired) electrons. The second-order valence-corrected chi connectivity index (χ2v) is 4.90. The minimum atomic E-state index is -0.587. The predicted molar refractivity (Wildman–Crippen MR) is 82.5 cm³/mol. The molecule has 0 atom stereocenters. The van der Waals surface area contributed by atoms with Gasteiger partial charge in [-0.2, -0.15) is 0 Å². The standard InChI is InChI=1S/C13H11BrN4O3/c1-15-8-2-3-12(18(20)21)9(6-8)13(19)17-11-4-5-16-7-10(11)14/h2-7,15H,1H3,(H,16,17,19). The Kier molecular flexibility index (Phi) is 4.49. The molecule has 1 amide bonds. The van der Waals surface area contributed by atoms with Crippen molar-refractivity contribution in [2.45, 2.75) is 0 Å². The second kappa shape index (κ2) is 6.31. The van der Waals surface area contributed by atoms with Crippen LogP contribution in [0.15, 0.2) is 41.1 Å². The molecular weight excluding hydrogens is 340 g/mol. The zero-order chi connectivity index (χ0) is 15.4. The number of hydrogen-bond donors (Lipinski definition) is 2. The van der Waals surface area contributed by atoms with Gasteiger partial charge in [-0.3, -0.25) is 19.9 Å². The fourth-order valence-electron chi connectivity index (χ4n) is 1.70. The van der Waals surface area contributed by atoms with Crippen LogP contribution in [0.2, 0.25) is 0 Å². The van der Waals surface area contributed by atoms with E-state index >= 15 is 0 Å². The van der Waals surface area contributed by atoms with Gasteiger partial charge in [-0.25, -0.2) is 0 Å². The zero-order valence-electron chi connectivity index (χ0n) is 11.0. The summed E-state index contributed by atoms with van der Waals surface area (Å²) in [4.78, 5) is 26.6. The summed E-state index contributed by atoms with van der Waals surface area (Å²) >= 11 is 3.25. The molecule has 1 heterocycles. The number of benzene rings is 1. The van der Waals surface area contributed by atoms with Gasteiger partial charge in [-0.1, -0.05) is 0 Å². The molecule has 21 heavy (non-hydrogen) atoms. The van der Waals surface area contributed by atoms with Crippen LogP contribution in [0.1, 0.15) is 10.4 Å². The van der Waals surface area contributed by atoms with E-state index in [4.69, 9.17) is 0 Å². The molecule has 0 aliphatic carbocycles. The Balaban J connectivity index is 2.38. The molecule has 0 bridgehead atoms. The Labute approximate surface area is 128 Å². The molecule has 0 aliphatic heterocycles. The maximum Gasteiger partial charge on any atom is 0.282 e. The fourth-order valence-corrected chi connectivity index (χ4v) is 2.05. The Bertz CT molecular complexity index is 706. The van der Waals surface area contributed by atoms with Gasteiger partial charge in [-0.15, -0.1) is 0 Å². The van der Waals surface area contributed by atoms with Crippen molar-refractivity contribution in [1.82, 2.24) is 4.98 Å². The van der Waals surface area contributed by atoms with E-state index in [9.17, 15) is 14.9 Å². The van der Waals surface area contributed by atoms with Crippen LogP contribution in [0, 0.1) is 10.1 Å². The van der Waals surface area contributed by atoms with E-state index in [0.29, 0.717) is 15.8 Å². The summed E-state index contributed by atoms with van der Waals surface area (Å²) < 4.78 is 0.589. The summed E-state index contributed by atoms with van der Waals surface area (Å²) in [6.07, 6.45) is 3.03. The van der Waals surface area contributed by atoms with Crippen molar-refractivity contribution < 1.29 is 9.72 Å². The largest absolute Gasteiger partial charge is 0.388 e. The number of aromatic nitrogens is 1. The van der Waals surface area contributed by atoms with E-state index < -0.39 is 10.8 Å². The number of nitrogens with one attached hydrogen (secondary N) is 2. The molecule has 8 heteroatoms. The van der Waals surface area contributed by atoms with Gasteiger partial charge in [0.2, 0.25) is 0 Å². The normalized spacial score (nSPS) is 10.0. The topological polar surface area (TPSA) is 97.2 Å².